The number of halogens is 1. The first kappa shape index (κ1) is 17.3. The monoisotopic (exact) mass is 379 g/mol. The minimum absolute atomic E-state index is 0.171. The molecule has 7 heteroatoms. The molecule has 0 spiro atoms. The van der Waals surface area contributed by atoms with Gasteiger partial charge < -0.3 is 4.90 Å². The molecule has 1 N–H and O–H groups in total. The van der Waals surface area contributed by atoms with Crippen molar-refractivity contribution in [1.82, 2.24) is 25.5 Å². The van der Waals surface area contributed by atoms with Gasteiger partial charge in [0, 0.05) is 12.1 Å². The van der Waals surface area contributed by atoms with Gasteiger partial charge in [0.25, 0.3) is 0 Å². The molecule has 3 heterocycles. The summed E-state index contributed by atoms with van der Waals surface area (Å²) in [4.78, 5) is 15.5. The Balaban J connectivity index is 1.30. The number of nitrogens with one attached hydrogen (secondary N) is 1. The summed E-state index contributed by atoms with van der Waals surface area (Å²) in [6.45, 7) is 0. The van der Waals surface area contributed by atoms with Gasteiger partial charge in [-0.1, -0.05) is 30.4 Å². The van der Waals surface area contributed by atoms with E-state index in [1.165, 1.54) is 17.7 Å². The fraction of sp³-hybridized carbons (Fsp3) is 0.429. The fourth-order valence-electron chi connectivity index (χ4n) is 5.05. The zero-order valence-electron chi connectivity index (χ0n) is 15.5. The van der Waals surface area contributed by atoms with Gasteiger partial charge in [0.05, 0.1) is 5.92 Å². The topological polar surface area (TPSA) is 74.8 Å². The van der Waals surface area contributed by atoms with Gasteiger partial charge in [0.2, 0.25) is 5.91 Å². The lowest BCUT2D eigenvalue weighted by molar-refractivity contribution is -0.138. The summed E-state index contributed by atoms with van der Waals surface area (Å²) in [5, 5.41) is 14.0. The maximum atomic E-state index is 13.4. The van der Waals surface area contributed by atoms with Crippen molar-refractivity contribution < 1.29 is 9.18 Å². The first-order valence-corrected chi connectivity index (χ1v) is 9.88. The van der Waals surface area contributed by atoms with E-state index >= 15 is 0 Å². The number of piperidine rings is 1. The third-order valence-corrected chi connectivity index (χ3v) is 6.38. The zero-order chi connectivity index (χ0) is 19.1. The van der Waals surface area contributed by atoms with Crippen molar-refractivity contribution in [3.63, 3.8) is 0 Å². The van der Waals surface area contributed by atoms with Gasteiger partial charge in [0.1, 0.15) is 5.82 Å². The minimum Gasteiger partial charge on any atom is -0.336 e. The molecule has 1 unspecified atom stereocenters. The predicted octanol–water partition coefficient (Wildman–Crippen LogP) is 3.24. The lowest BCUT2D eigenvalue weighted by Crippen LogP contribution is -2.48. The number of carbonyl (C=O) groups is 1. The van der Waals surface area contributed by atoms with Crippen LogP contribution in [0.4, 0.5) is 4.39 Å². The lowest BCUT2D eigenvalue weighted by atomic mass is 9.83. The number of rotatable bonds is 3. The van der Waals surface area contributed by atoms with E-state index in [1.54, 1.807) is 0 Å². The van der Waals surface area contributed by atoms with E-state index in [-0.39, 0.29) is 29.7 Å². The van der Waals surface area contributed by atoms with Crippen LogP contribution in [0.3, 0.4) is 0 Å². The van der Waals surface area contributed by atoms with Gasteiger partial charge in [0.15, 0.2) is 5.82 Å². The van der Waals surface area contributed by atoms with Crippen molar-refractivity contribution in [2.45, 2.75) is 50.1 Å². The number of hydrogen-bond donors (Lipinski definition) is 1. The number of carbonyl (C=O) groups excluding carboxylic acids is 1. The quantitative estimate of drug-likeness (QED) is 0.888. The molecule has 1 aliphatic carbocycles. The van der Waals surface area contributed by atoms with Crippen LogP contribution >= 0.6 is 0 Å². The van der Waals surface area contributed by atoms with E-state index in [0.29, 0.717) is 18.2 Å². The third-order valence-electron chi connectivity index (χ3n) is 6.38. The standard InChI is InChI=1S/C21H22FN5O/c22-17-6-4-13(5-7-17)16-11-18-8-9-19(12-16)27(18)21(28)15-3-1-2-14(10-15)20-23-25-26-24-20/h1-7,15-16,18-19H,8-12H2,(H,23,24,25,26)/t15?,16-,18+,19-. The molecule has 4 atom stereocenters. The number of amides is 1. The average molecular weight is 379 g/mol. The van der Waals surface area contributed by atoms with E-state index < -0.39 is 0 Å². The van der Waals surface area contributed by atoms with E-state index in [0.717, 1.165) is 31.3 Å². The summed E-state index contributed by atoms with van der Waals surface area (Å²) >= 11 is 0. The molecule has 0 radical (unpaired) electrons. The van der Waals surface area contributed by atoms with Gasteiger partial charge in [-0.3, -0.25) is 4.79 Å². The molecule has 2 aromatic rings. The second-order valence-corrected chi connectivity index (χ2v) is 7.99. The van der Waals surface area contributed by atoms with E-state index in [2.05, 4.69) is 25.5 Å². The van der Waals surface area contributed by atoms with Crippen LogP contribution in [0.15, 0.2) is 42.5 Å². The second kappa shape index (κ2) is 6.96. The third kappa shape index (κ3) is 3.04. The number of hydrogen-bond acceptors (Lipinski definition) is 4. The number of fused-ring (bicyclic) bond motifs is 2. The predicted molar refractivity (Wildman–Crippen MR) is 101 cm³/mol. The Morgan fingerprint density at radius 3 is 2.57 bits per heavy atom. The fourth-order valence-corrected chi connectivity index (χ4v) is 5.05. The Morgan fingerprint density at radius 2 is 1.89 bits per heavy atom. The molecular weight excluding hydrogens is 357 g/mol. The van der Waals surface area contributed by atoms with Crippen molar-refractivity contribution in [2.75, 3.05) is 0 Å². The molecule has 5 rings (SSSR count). The zero-order valence-corrected chi connectivity index (χ0v) is 15.5. The largest absolute Gasteiger partial charge is 0.336 e. The van der Waals surface area contributed by atoms with Crippen molar-refractivity contribution in [3.05, 3.63) is 59.7 Å². The molecule has 2 aliphatic heterocycles. The Morgan fingerprint density at radius 1 is 1.14 bits per heavy atom. The first-order valence-electron chi connectivity index (χ1n) is 9.88. The summed E-state index contributed by atoms with van der Waals surface area (Å²) in [7, 11) is 0. The normalized spacial score (nSPS) is 29.0. The number of allylic oxidation sites excluding steroid dienone is 3. The number of H-pyrrole nitrogens is 1. The highest BCUT2D eigenvalue weighted by molar-refractivity contribution is 5.85. The van der Waals surface area contributed by atoms with Crippen molar-refractivity contribution in [3.8, 4) is 0 Å². The smallest absolute Gasteiger partial charge is 0.230 e. The molecule has 28 heavy (non-hydrogen) atoms. The van der Waals surface area contributed by atoms with Crippen molar-refractivity contribution in [1.29, 1.82) is 0 Å². The van der Waals surface area contributed by atoms with Crippen LogP contribution in [0.1, 0.15) is 49.4 Å². The molecule has 1 amide bonds. The van der Waals surface area contributed by atoms with Crippen molar-refractivity contribution in [2.24, 2.45) is 5.92 Å². The van der Waals surface area contributed by atoms with Crippen LogP contribution in [0.2, 0.25) is 0 Å². The Hall–Kier alpha value is -2.83. The first-order chi connectivity index (χ1) is 13.7. The van der Waals surface area contributed by atoms with Gasteiger partial charge in [-0.25, -0.2) is 9.49 Å². The molecule has 1 aromatic carbocycles. The highest BCUT2D eigenvalue weighted by Gasteiger charge is 2.45. The van der Waals surface area contributed by atoms with Gasteiger partial charge in [-0.2, -0.15) is 0 Å². The Labute approximate surface area is 162 Å². The minimum atomic E-state index is -0.200. The second-order valence-electron chi connectivity index (χ2n) is 7.99. The summed E-state index contributed by atoms with van der Waals surface area (Å²) in [6.07, 6.45) is 10.5. The van der Waals surface area contributed by atoms with Crippen LogP contribution in [-0.2, 0) is 4.79 Å². The van der Waals surface area contributed by atoms with Crippen LogP contribution in [0.25, 0.3) is 5.57 Å². The SMILES string of the molecule is O=C(C1C=CC=C(c2nnn[nH]2)C1)N1[C@@H]2CC[C@H]1C[C@@H](c1ccc(F)cc1)C2. The van der Waals surface area contributed by atoms with E-state index in [4.69, 9.17) is 0 Å². The maximum absolute atomic E-state index is 13.4. The molecular formula is C21H22FN5O. The molecule has 1 aromatic heterocycles. The van der Waals surface area contributed by atoms with E-state index in [9.17, 15) is 9.18 Å². The summed E-state index contributed by atoms with van der Waals surface area (Å²) in [6, 6.07) is 7.40. The number of aromatic nitrogens is 4. The number of benzene rings is 1. The molecule has 144 valence electrons. The molecule has 6 nitrogen and oxygen atoms in total. The van der Waals surface area contributed by atoms with Gasteiger partial charge in [-0.15, -0.1) is 5.10 Å². The summed E-state index contributed by atoms with van der Waals surface area (Å²) in [5.41, 5.74) is 2.14. The molecule has 2 fully saturated rings. The number of nitrogens with zero attached hydrogens (tertiary/aromatic N) is 4. The van der Waals surface area contributed by atoms with Crippen LogP contribution in [0, 0.1) is 11.7 Å². The van der Waals surface area contributed by atoms with Crippen LogP contribution in [0.5, 0.6) is 0 Å². The summed E-state index contributed by atoms with van der Waals surface area (Å²) < 4.78 is 13.2. The maximum Gasteiger partial charge on any atom is 0.230 e. The molecule has 2 saturated heterocycles. The molecule has 0 saturated carbocycles. The summed E-state index contributed by atoms with van der Waals surface area (Å²) in [5.74, 6) is 0.865. The lowest BCUT2D eigenvalue weighted by Gasteiger charge is -2.41. The molecule has 2 bridgehead atoms. The highest BCUT2D eigenvalue weighted by atomic mass is 19.1. The average Bonchev–Trinajstić information content (AvgIpc) is 3.35. The Kier molecular flexibility index (Phi) is 4.30. The van der Waals surface area contributed by atoms with Crippen molar-refractivity contribution >= 4 is 11.5 Å². The van der Waals surface area contributed by atoms with Crippen LogP contribution < -0.4 is 0 Å². The number of tetrazole rings is 1. The van der Waals surface area contributed by atoms with E-state index in [1.807, 2.05) is 30.4 Å². The van der Waals surface area contributed by atoms with Gasteiger partial charge >= 0.3 is 0 Å². The van der Waals surface area contributed by atoms with Gasteiger partial charge in [-0.05, 0) is 71.7 Å². The highest BCUT2D eigenvalue weighted by Crippen LogP contribution is 2.44. The number of aromatic amines is 1. The van der Waals surface area contributed by atoms with Crippen LogP contribution in [-0.4, -0.2) is 43.5 Å². The molecule has 3 aliphatic rings. The Bertz CT molecular complexity index is 907.